The zero-order valence-electron chi connectivity index (χ0n) is 16.8. The maximum Gasteiger partial charge on any atom is 0.191 e. The summed E-state index contributed by atoms with van der Waals surface area (Å²) in [6.07, 6.45) is 1.80. The normalized spacial score (nSPS) is 11.2. The number of halogens is 1. The van der Waals surface area contributed by atoms with Crippen LogP contribution in [0, 0.1) is 13.8 Å². The van der Waals surface area contributed by atoms with Crippen molar-refractivity contribution in [3.05, 3.63) is 65.2 Å². The highest BCUT2D eigenvalue weighted by molar-refractivity contribution is 14.0. The topological polar surface area (TPSA) is 72.1 Å². The largest absolute Gasteiger partial charge is 0.357 e. The summed E-state index contributed by atoms with van der Waals surface area (Å²) in [6, 6.07) is 12.3. The lowest BCUT2D eigenvalue weighted by Crippen LogP contribution is -2.37. The van der Waals surface area contributed by atoms with Crippen molar-refractivity contribution >= 4 is 29.9 Å². The van der Waals surface area contributed by atoms with Crippen molar-refractivity contribution in [2.45, 2.75) is 33.9 Å². The molecule has 2 heterocycles. The molecule has 150 valence electrons. The number of aryl methyl sites for hydroxylation is 3. The van der Waals surface area contributed by atoms with E-state index in [9.17, 15) is 0 Å². The third kappa shape index (κ3) is 5.34. The van der Waals surface area contributed by atoms with Crippen LogP contribution in [0.3, 0.4) is 0 Å². The molecule has 0 aliphatic heterocycles. The summed E-state index contributed by atoms with van der Waals surface area (Å²) in [5.74, 6) is 0.780. The molecule has 0 radical (unpaired) electrons. The van der Waals surface area contributed by atoms with Gasteiger partial charge < -0.3 is 10.6 Å². The van der Waals surface area contributed by atoms with E-state index in [2.05, 4.69) is 52.9 Å². The molecule has 0 spiro atoms. The highest BCUT2D eigenvalue weighted by Gasteiger charge is 2.09. The van der Waals surface area contributed by atoms with Crippen LogP contribution in [0.5, 0.6) is 0 Å². The van der Waals surface area contributed by atoms with Gasteiger partial charge >= 0.3 is 0 Å². The molecule has 0 saturated heterocycles. The van der Waals surface area contributed by atoms with Crippen LogP contribution < -0.4 is 10.6 Å². The Balaban J connectivity index is 0.00000280. The maximum atomic E-state index is 4.76. The third-order valence-corrected chi connectivity index (χ3v) is 4.34. The smallest absolute Gasteiger partial charge is 0.191 e. The van der Waals surface area contributed by atoms with Crippen LogP contribution >= 0.6 is 24.0 Å². The van der Waals surface area contributed by atoms with Gasteiger partial charge in [0, 0.05) is 25.5 Å². The second kappa shape index (κ2) is 10.3. The van der Waals surface area contributed by atoms with E-state index in [1.54, 1.807) is 6.20 Å². The van der Waals surface area contributed by atoms with Crippen LogP contribution in [0.2, 0.25) is 0 Å². The van der Waals surface area contributed by atoms with Crippen molar-refractivity contribution in [2.24, 2.45) is 12.0 Å². The highest BCUT2D eigenvalue weighted by Crippen LogP contribution is 2.17. The van der Waals surface area contributed by atoms with Crippen molar-refractivity contribution in [3.8, 4) is 5.69 Å². The number of rotatable bonds is 6. The van der Waals surface area contributed by atoms with Gasteiger partial charge in [-0.2, -0.15) is 10.2 Å². The summed E-state index contributed by atoms with van der Waals surface area (Å²) in [6.45, 7) is 8.17. The molecule has 0 unspecified atom stereocenters. The maximum absolute atomic E-state index is 4.76. The highest BCUT2D eigenvalue weighted by atomic mass is 127. The molecule has 0 aliphatic rings. The van der Waals surface area contributed by atoms with Crippen LogP contribution in [-0.4, -0.2) is 32.1 Å². The van der Waals surface area contributed by atoms with Gasteiger partial charge in [0.15, 0.2) is 5.96 Å². The summed E-state index contributed by atoms with van der Waals surface area (Å²) < 4.78 is 3.84. The lowest BCUT2D eigenvalue weighted by Gasteiger charge is -2.13. The van der Waals surface area contributed by atoms with Crippen LogP contribution in [0.1, 0.15) is 29.6 Å². The van der Waals surface area contributed by atoms with Crippen molar-refractivity contribution in [1.82, 2.24) is 30.2 Å². The minimum absolute atomic E-state index is 0. The first-order chi connectivity index (χ1) is 13.1. The molecule has 3 rings (SSSR count). The molecular formula is C20H28IN7. The SMILES string of the molecule is CCNC(=NCc1ccccc1-n1nc(C)cc1C)NCc1ccnn1C.I. The number of hydrogen-bond donors (Lipinski definition) is 2. The van der Waals surface area contributed by atoms with Gasteiger partial charge in [0.2, 0.25) is 0 Å². The number of aliphatic imine (C=N–C) groups is 1. The van der Waals surface area contributed by atoms with Gasteiger partial charge in [0.25, 0.3) is 0 Å². The second-order valence-corrected chi connectivity index (χ2v) is 6.46. The summed E-state index contributed by atoms with van der Waals surface area (Å²) in [7, 11) is 1.94. The molecule has 8 heteroatoms. The first-order valence-electron chi connectivity index (χ1n) is 9.19. The number of nitrogens with one attached hydrogen (secondary N) is 2. The van der Waals surface area contributed by atoms with Gasteiger partial charge in [-0.1, -0.05) is 18.2 Å². The zero-order valence-corrected chi connectivity index (χ0v) is 19.1. The molecule has 28 heavy (non-hydrogen) atoms. The summed E-state index contributed by atoms with van der Waals surface area (Å²) in [5.41, 5.74) is 5.42. The van der Waals surface area contributed by atoms with Gasteiger partial charge in [0.1, 0.15) is 0 Å². The molecule has 2 N–H and O–H groups in total. The van der Waals surface area contributed by atoms with Gasteiger partial charge in [-0.25, -0.2) is 9.67 Å². The fourth-order valence-corrected chi connectivity index (χ4v) is 2.98. The standard InChI is InChI=1S/C20H27N7.HI/c1-5-21-20(23-14-18-10-11-24-26(18)4)22-13-17-8-6-7-9-19(17)27-16(3)12-15(2)25-27;/h6-12H,5,13-14H2,1-4H3,(H2,21,22,23);1H. The van der Waals surface area contributed by atoms with E-state index in [4.69, 9.17) is 4.99 Å². The van der Waals surface area contributed by atoms with Crippen molar-refractivity contribution in [2.75, 3.05) is 6.54 Å². The minimum atomic E-state index is 0. The Morgan fingerprint density at radius 2 is 1.93 bits per heavy atom. The van der Waals surface area contributed by atoms with Gasteiger partial charge in [0.05, 0.1) is 30.2 Å². The fourth-order valence-electron chi connectivity index (χ4n) is 2.98. The summed E-state index contributed by atoms with van der Waals surface area (Å²) in [5, 5.41) is 15.5. The third-order valence-electron chi connectivity index (χ3n) is 4.34. The van der Waals surface area contributed by atoms with E-state index in [0.717, 1.165) is 40.8 Å². The minimum Gasteiger partial charge on any atom is -0.357 e. The Morgan fingerprint density at radius 3 is 2.57 bits per heavy atom. The molecular weight excluding hydrogens is 465 g/mol. The van der Waals surface area contributed by atoms with E-state index in [1.165, 1.54) is 0 Å². The molecule has 7 nitrogen and oxygen atoms in total. The number of nitrogens with zero attached hydrogens (tertiary/aromatic N) is 5. The van der Waals surface area contributed by atoms with E-state index in [-0.39, 0.29) is 24.0 Å². The van der Waals surface area contributed by atoms with Crippen molar-refractivity contribution in [1.29, 1.82) is 0 Å². The van der Waals surface area contributed by atoms with Crippen molar-refractivity contribution in [3.63, 3.8) is 0 Å². The number of hydrogen-bond acceptors (Lipinski definition) is 3. The summed E-state index contributed by atoms with van der Waals surface area (Å²) in [4.78, 5) is 4.76. The van der Waals surface area contributed by atoms with Gasteiger partial charge in [-0.05, 0) is 44.5 Å². The predicted octanol–water partition coefficient (Wildman–Crippen LogP) is 3.10. The molecule has 0 amide bonds. The Labute approximate surface area is 183 Å². The Kier molecular flexibility index (Phi) is 8.04. The van der Waals surface area contributed by atoms with E-state index in [0.29, 0.717) is 13.1 Å². The van der Waals surface area contributed by atoms with Crippen LogP contribution in [-0.2, 0) is 20.1 Å². The second-order valence-electron chi connectivity index (χ2n) is 6.46. The molecule has 1 aromatic carbocycles. The van der Waals surface area contributed by atoms with Crippen LogP contribution in [0.25, 0.3) is 5.69 Å². The average Bonchev–Trinajstić information content (AvgIpc) is 3.22. The number of para-hydroxylation sites is 1. The molecule has 0 bridgehead atoms. The van der Waals surface area contributed by atoms with E-state index >= 15 is 0 Å². The number of aromatic nitrogens is 4. The quantitative estimate of drug-likeness (QED) is 0.315. The van der Waals surface area contributed by atoms with E-state index in [1.807, 2.05) is 41.5 Å². The lowest BCUT2D eigenvalue weighted by atomic mass is 10.2. The lowest BCUT2D eigenvalue weighted by molar-refractivity contribution is 0.684. The summed E-state index contributed by atoms with van der Waals surface area (Å²) >= 11 is 0. The van der Waals surface area contributed by atoms with Crippen LogP contribution in [0.4, 0.5) is 0 Å². The van der Waals surface area contributed by atoms with Gasteiger partial charge in [-0.3, -0.25) is 4.68 Å². The molecule has 0 atom stereocenters. The molecule has 0 aliphatic carbocycles. The van der Waals surface area contributed by atoms with Gasteiger partial charge in [-0.15, -0.1) is 24.0 Å². The monoisotopic (exact) mass is 493 g/mol. The first kappa shape index (κ1) is 21.9. The zero-order chi connectivity index (χ0) is 19.2. The molecule has 2 aromatic heterocycles. The van der Waals surface area contributed by atoms with Crippen LogP contribution in [0.15, 0.2) is 47.6 Å². The molecule has 0 fully saturated rings. The fraction of sp³-hybridized carbons (Fsp3) is 0.350. The number of guanidine groups is 1. The van der Waals surface area contributed by atoms with Crippen molar-refractivity contribution < 1.29 is 0 Å². The van der Waals surface area contributed by atoms with E-state index < -0.39 is 0 Å². The predicted molar refractivity (Wildman–Crippen MR) is 123 cm³/mol. The average molecular weight is 493 g/mol. The Hall–Kier alpha value is -2.36. The number of benzene rings is 1. The molecule has 3 aromatic rings. The Bertz CT molecular complexity index is 926. The first-order valence-corrected chi connectivity index (χ1v) is 9.19. The molecule has 0 saturated carbocycles. The Morgan fingerprint density at radius 1 is 1.14 bits per heavy atom.